The minimum Gasteiger partial charge on any atom is -0.399 e. The fraction of sp³-hybridized carbons (Fsp3) is 0.0714. The second kappa shape index (κ2) is 5.69. The molecule has 2 aromatic carbocycles. The number of hydrogen-bond donors (Lipinski definition) is 2. The molecule has 0 aliphatic carbocycles. The summed E-state index contributed by atoms with van der Waals surface area (Å²) in [6, 6.07) is 7.45. The molecule has 0 spiro atoms. The van der Waals surface area contributed by atoms with Crippen molar-refractivity contribution in [3.63, 3.8) is 0 Å². The van der Waals surface area contributed by atoms with Crippen LogP contribution in [0.25, 0.3) is 0 Å². The molecular weight excluding hydrogens is 302 g/mol. The van der Waals surface area contributed by atoms with E-state index >= 15 is 0 Å². The summed E-state index contributed by atoms with van der Waals surface area (Å²) in [4.78, 5) is 12.1. The Morgan fingerprint density at radius 2 is 1.90 bits per heavy atom. The molecule has 104 valence electrons. The van der Waals surface area contributed by atoms with Crippen molar-refractivity contribution in [2.45, 2.75) is 6.92 Å². The Labute approximate surface area is 125 Å². The number of carbonyl (C=O) groups excluding carboxylic acids is 1. The maximum atomic E-state index is 13.5. The van der Waals surface area contributed by atoms with Crippen molar-refractivity contribution in [1.82, 2.24) is 0 Å². The first-order valence-corrected chi connectivity index (χ1v) is 6.45. The molecular formula is C14H11Cl2FN2O. The van der Waals surface area contributed by atoms with Crippen LogP contribution in [0.5, 0.6) is 0 Å². The van der Waals surface area contributed by atoms with E-state index in [2.05, 4.69) is 5.32 Å². The summed E-state index contributed by atoms with van der Waals surface area (Å²) in [6.07, 6.45) is 0. The summed E-state index contributed by atoms with van der Waals surface area (Å²) in [7, 11) is 0. The Morgan fingerprint density at radius 3 is 2.55 bits per heavy atom. The van der Waals surface area contributed by atoms with E-state index in [4.69, 9.17) is 28.9 Å². The number of rotatable bonds is 2. The number of nitrogens with two attached hydrogens (primary N) is 1. The molecule has 0 saturated heterocycles. The molecule has 0 unspecified atom stereocenters. The molecule has 2 aromatic rings. The van der Waals surface area contributed by atoms with Crippen LogP contribution in [0.4, 0.5) is 15.8 Å². The maximum absolute atomic E-state index is 13.5. The zero-order valence-corrected chi connectivity index (χ0v) is 12.0. The van der Waals surface area contributed by atoms with Gasteiger partial charge in [0.15, 0.2) is 0 Å². The number of amides is 1. The van der Waals surface area contributed by atoms with Crippen LogP contribution in [0, 0.1) is 12.7 Å². The summed E-state index contributed by atoms with van der Waals surface area (Å²) in [5.41, 5.74) is 6.99. The van der Waals surface area contributed by atoms with Gasteiger partial charge in [-0.1, -0.05) is 23.2 Å². The van der Waals surface area contributed by atoms with Gasteiger partial charge in [-0.2, -0.15) is 0 Å². The highest BCUT2D eigenvalue weighted by atomic mass is 35.5. The van der Waals surface area contributed by atoms with Crippen LogP contribution in [0.2, 0.25) is 10.0 Å². The monoisotopic (exact) mass is 312 g/mol. The molecule has 0 heterocycles. The summed E-state index contributed by atoms with van der Waals surface area (Å²) in [5, 5.41) is 2.83. The highest BCUT2D eigenvalue weighted by Crippen LogP contribution is 2.25. The number of aryl methyl sites for hydroxylation is 1. The molecule has 0 fully saturated rings. The van der Waals surface area contributed by atoms with E-state index in [-0.39, 0.29) is 16.3 Å². The second-order valence-electron chi connectivity index (χ2n) is 4.34. The quantitative estimate of drug-likeness (QED) is 0.813. The van der Waals surface area contributed by atoms with Crippen molar-refractivity contribution in [3.8, 4) is 0 Å². The first-order chi connectivity index (χ1) is 9.36. The topological polar surface area (TPSA) is 55.1 Å². The molecule has 1 amide bonds. The van der Waals surface area contributed by atoms with E-state index in [1.807, 2.05) is 6.92 Å². The normalized spacial score (nSPS) is 10.4. The minimum absolute atomic E-state index is 0.0261. The van der Waals surface area contributed by atoms with Crippen molar-refractivity contribution in [2.24, 2.45) is 0 Å². The van der Waals surface area contributed by atoms with Gasteiger partial charge in [-0.25, -0.2) is 4.39 Å². The number of hydrogen-bond acceptors (Lipinski definition) is 2. The Morgan fingerprint density at radius 1 is 1.20 bits per heavy atom. The Balaban J connectivity index is 2.33. The number of nitrogens with one attached hydrogen (secondary N) is 1. The summed E-state index contributed by atoms with van der Waals surface area (Å²) in [6.45, 7) is 1.84. The van der Waals surface area contributed by atoms with Gasteiger partial charge >= 0.3 is 0 Å². The number of benzene rings is 2. The maximum Gasteiger partial charge on any atom is 0.257 e. The van der Waals surface area contributed by atoms with Gasteiger partial charge in [-0.05, 0) is 42.8 Å². The van der Waals surface area contributed by atoms with E-state index < -0.39 is 11.7 Å². The van der Waals surface area contributed by atoms with Crippen LogP contribution in [-0.2, 0) is 0 Å². The molecule has 3 nitrogen and oxygen atoms in total. The van der Waals surface area contributed by atoms with Crippen molar-refractivity contribution in [1.29, 1.82) is 0 Å². The summed E-state index contributed by atoms with van der Waals surface area (Å²) in [5.74, 6) is -1.29. The van der Waals surface area contributed by atoms with Gasteiger partial charge in [0.2, 0.25) is 0 Å². The smallest absolute Gasteiger partial charge is 0.257 e. The van der Waals surface area contributed by atoms with E-state index in [1.165, 1.54) is 6.07 Å². The molecule has 0 aliphatic rings. The van der Waals surface area contributed by atoms with Gasteiger partial charge in [0.25, 0.3) is 5.91 Å². The van der Waals surface area contributed by atoms with Crippen LogP contribution < -0.4 is 11.1 Å². The molecule has 0 bridgehead atoms. The first-order valence-electron chi connectivity index (χ1n) is 5.70. The van der Waals surface area contributed by atoms with E-state index in [0.29, 0.717) is 10.7 Å². The van der Waals surface area contributed by atoms with Crippen LogP contribution in [0.1, 0.15) is 15.9 Å². The van der Waals surface area contributed by atoms with Gasteiger partial charge < -0.3 is 11.1 Å². The van der Waals surface area contributed by atoms with Gasteiger partial charge in [0, 0.05) is 16.4 Å². The molecule has 20 heavy (non-hydrogen) atoms. The van der Waals surface area contributed by atoms with E-state index in [9.17, 15) is 9.18 Å². The predicted molar refractivity (Wildman–Crippen MR) is 80.0 cm³/mol. The number of halogens is 3. The summed E-state index contributed by atoms with van der Waals surface area (Å²) < 4.78 is 13.5. The lowest BCUT2D eigenvalue weighted by atomic mass is 10.1. The van der Waals surface area contributed by atoms with Crippen molar-refractivity contribution in [2.75, 3.05) is 11.1 Å². The molecule has 0 radical (unpaired) electrons. The third-order valence-corrected chi connectivity index (χ3v) is 3.20. The predicted octanol–water partition coefficient (Wildman–Crippen LogP) is 4.28. The highest BCUT2D eigenvalue weighted by molar-refractivity contribution is 6.35. The Kier molecular flexibility index (Phi) is 4.16. The molecule has 0 aliphatic heterocycles. The lowest BCUT2D eigenvalue weighted by molar-refractivity contribution is 0.102. The van der Waals surface area contributed by atoms with Gasteiger partial charge in [-0.3, -0.25) is 4.79 Å². The van der Waals surface area contributed by atoms with E-state index in [1.54, 1.807) is 18.2 Å². The van der Waals surface area contributed by atoms with Crippen LogP contribution >= 0.6 is 23.2 Å². The van der Waals surface area contributed by atoms with Gasteiger partial charge in [0.1, 0.15) is 5.82 Å². The van der Waals surface area contributed by atoms with Crippen LogP contribution in [-0.4, -0.2) is 5.91 Å². The SMILES string of the molecule is Cc1cc(Cl)cc(NC(=O)c2cc(N)cc(F)c2Cl)c1. The third kappa shape index (κ3) is 3.21. The minimum atomic E-state index is -0.737. The third-order valence-electron chi connectivity index (χ3n) is 2.60. The fourth-order valence-electron chi connectivity index (χ4n) is 1.78. The Hall–Kier alpha value is -1.78. The number of nitrogen functional groups attached to an aromatic ring is 1. The second-order valence-corrected chi connectivity index (χ2v) is 5.15. The Bertz CT molecular complexity index is 669. The lowest BCUT2D eigenvalue weighted by Gasteiger charge is -2.09. The molecule has 0 atom stereocenters. The van der Waals surface area contributed by atoms with Gasteiger partial charge in [0.05, 0.1) is 10.6 Å². The molecule has 2 rings (SSSR count). The standard InChI is InChI=1S/C14H11Cl2FN2O/c1-7-2-8(15)4-10(3-7)19-14(20)11-5-9(18)6-12(17)13(11)16/h2-6H,18H2,1H3,(H,19,20). The van der Waals surface area contributed by atoms with Crippen molar-refractivity contribution < 1.29 is 9.18 Å². The van der Waals surface area contributed by atoms with Crippen LogP contribution in [0.15, 0.2) is 30.3 Å². The zero-order valence-electron chi connectivity index (χ0n) is 10.5. The molecule has 0 aromatic heterocycles. The molecule has 3 N–H and O–H groups in total. The van der Waals surface area contributed by atoms with Crippen molar-refractivity contribution >= 4 is 40.5 Å². The largest absolute Gasteiger partial charge is 0.399 e. The first kappa shape index (κ1) is 14.6. The summed E-state index contributed by atoms with van der Waals surface area (Å²) >= 11 is 11.7. The van der Waals surface area contributed by atoms with Gasteiger partial charge in [-0.15, -0.1) is 0 Å². The average molecular weight is 313 g/mol. The zero-order chi connectivity index (χ0) is 14.9. The van der Waals surface area contributed by atoms with Crippen molar-refractivity contribution in [3.05, 3.63) is 57.3 Å². The number of anilines is 2. The highest BCUT2D eigenvalue weighted by Gasteiger charge is 2.15. The molecule has 6 heteroatoms. The van der Waals surface area contributed by atoms with Crippen LogP contribution in [0.3, 0.4) is 0 Å². The lowest BCUT2D eigenvalue weighted by Crippen LogP contribution is -2.13. The average Bonchev–Trinajstić information content (AvgIpc) is 2.32. The van der Waals surface area contributed by atoms with E-state index in [0.717, 1.165) is 11.6 Å². The number of carbonyl (C=O) groups is 1. The molecule has 0 saturated carbocycles. The fourth-order valence-corrected chi connectivity index (χ4v) is 2.27.